The van der Waals surface area contributed by atoms with Crippen molar-refractivity contribution in [3.8, 4) is 17.2 Å². The van der Waals surface area contributed by atoms with Gasteiger partial charge < -0.3 is 24.1 Å². The molecule has 1 unspecified atom stereocenters. The zero-order chi connectivity index (χ0) is 24.7. The molecule has 7 heteroatoms. The molecule has 1 aliphatic rings. The summed E-state index contributed by atoms with van der Waals surface area (Å²) >= 11 is 0. The molecule has 0 bridgehead atoms. The molecule has 4 aromatic rings. The predicted octanol–water partition coefficient (Wildman–Crippen LogP) is 4.74. The van der Waals surface area contributed by atoms with E-state index < -0.39 is 11.5 Å². The lowest BCUT2D eigenvalue weighted by Gasteiger charge is -2.27. The quantitative estimate of drug-likeness (QED) is 0.406. The van der Waals surface area contributed by atoms with E-state index in [4.69, 9.17) is 13.9 Å². The number of allylic oxidation sites excluding steroid dienone is 1. The van der Waals surface area contributed by atoms with Crippen LogP contribution in [0.3, 0.4) is 0 Å². The third-order valence-corrected chi connectivity index (χ3v) is 6.32. The molecule has 0 fully saturated rings. The lowest BCUT2D eigenvalue weighted by molar-refractivity contribution is -0.115. The number of para-hydroxylation sites is 1. The highest BCUT2D eigenvalue weighted by molar-refractivity contribution is 6.08. The Labute approximate surface area is 200 Å². The number of rotatable bonds is 5. The molecule has 0 amide bonds. The SMILES string of the molecule is COc1ccc(OC)c(C(C2=C(O)c3ccccc3CC2=O)c2c(O)c3ccccc3oc2=O)c1. The Morgan fingerprint density at radius 2 is 1.66 bits per heavy atom. The third-order valence-electron chi connectivity index (χ3n) is 6.32. The molecule has 176 valence electrons. The van der Waals surface area contributed by atoms with Gasteiger partial charge in [-0.25, -0.2) is 4.79 Å². The fourth-order valence-corrected chi connectivity index (χ4v) is 4.67. The summed E-state index contributed by atoms with van der Waals surface area (Å²) < 4.78 is 16.5. The van der Waals surface area contributed by atoms with Crippen LogP contribution in [0.1, 0.15) is 28.2 Å². The molecule has 0 spiro atoms. The van der Waals surface area contributed by atoms with E-state index in [1.54, 1.807) is 66.7 Å². The maximum atomic E-state index is 13.5. The van der Waals surface area contributed by atoms with Crippen molar-refractivity contribution in [3.63, 3.8) is 0 Å². The summed E-state index contributed by atoms with van der Waals surface area (Å²) in [5.41, 5.74) is 0.678. The van der Waals surface area contributed by atoms with Gasteiger partial charge in [0, 0.05) is 17.5 Å². The van der Waals surface area contributed by atoms with Crippen LogP contribution in [-0.2, 0) is 11.2 Å². The first-order valence-corrected chi connectivity index (χ1v) is 11.0. The number of fused-ring (bicyclic) bond motifs is 2. The van der Waals surface area contributed by atoms with E-state index in [1.807, 2.05) is 0 Å². The van der Waals surface area contributed by atoms with Crippen molar-refractivity contribution >= 4 is 22.5 Å². The van der Waals surface area contributed by atoms with Gasteiger partial charge in [-0.15, -0.1) is 0 Å². The molecule has 5 rings (SSSR count). The molecule has 0 radical (unpaired) electrons. The number of Topliss-reactive ketones (excluding diaryl/α,β-unsaturated/α-hetero) is 1. The average molecular weight is 470 g/mol. The van der Waals surface area contributed by atoms with Crippen molar-refractivity contribution in [1.82, 2.24) is 0 Å². The van der Waals surface area contributed by atoms with Gasteiger partial charge in [-0.3, -0.25) is 4.79 Å². The minimum absolute atomic E-state index is 0.0258. The molecule has 35 heavy (non-hydrogen) atoms. The molecule has 1 heterocycles. The number of aromatic hydroxyl groups is 1. The summed E-state index contributed by atoms with van der Waals surface area (Å²) in [6.07, 6.45) is 0.0258. The van der Waals surface area contributed by atoms with Crippen LogP contribution in [0.25, 0.3) is 16.7 Å². The van der Waals surface area contributed by atoms with Crippen molar-refractivity contribution in [3.05, 3.63) is 105 Å². The van der Waals surface area contributed by atoms with Crippen molar-refractivity contribution in [1.29, 1.82) is 0 Å². The standard InChI is InChI=1S/C28H22O7/c1-33-16-11-12-21(34-2)19(14-16)23(24-20(29)13-15-7-3-4-8-17(15)26(24)30)25-27(31)18-9-5-6-10-22(18)35-28(25)32/h3-12,14,23,30-31H,13H2,1-2H3. The summed E-state index contributed by atoms with van der Waals surface area (Å²) in [7, 11) is 2.94. The molecule has 1 aromatic heterocycles. The number of carbonyl (C=O) groups is 1. The van der Waals surface area contributed by atoms with Crippen LogP contribution in [0.15, 0.2) is 81.5 Å². The molecule has 3 aromatic carbocycles. The van der Waals surface area contributed by atoms with Crippen LogP contribution in [0.2, 0.25) is 0 Å². The van der Waals surface area contributed by atoms with E-state index in [0.29, 0.717) is 33.6 Å². The van der Waals surface area contributed by atoms with E-state index in [1.165, 1.54) is 14.2 Å². The first kappa shape index (κ1) is 22.3. The Bertz CT molecular complexity index is 1560. The molecule has 0 saturated heterocycles. The summed E-state index contributed by atoms with van der Waals surface area (Å²) in [4.78, 5) is 26.8. The van der Waals surface area contributed by atoms with Crippen LogP contribution in [0.4, 0.5) is 0 Å². The van der Waals surface area contributed by atoms with E-state index in [0.717, 1.165) is 0 Å². The number of hydrogen-bond acceptors (Lipinski definition) is 7. The molecule has 7 nitrogen and oxygen atoms in total. The van der Waals surface area contributed by atoms with E-state index >= 15 is 0 Å². The monoisotopic (exact) mass is 470 g/mol. The van der Waals surface area contributed by atoms with Gasteiger partial charge in [0.2, 0.25) is 0 Å². The second-order valence-electron chi connectivity index (χ2n) is 8.21. The number of aliphatic hydroxyl groups excluding tert-OH is 1. The number of benzene rings is 3. The maximum Gasteiger partial charge on any atom is 0.344 e. The first-order chi connectivity index (χ1) is 16.9. The maximum absolute atomic E-state index is 13.5. The molecular formula is C28H22O7. The molecular weight excluding hydrogens is 448 g/mol. The van der Waals surface area contributed by atoms with Gasteiger partial charge in [-0.2, -0.15) is 0 Å². The number of ether oxygens (including phenoxy) is 2. The zero-order valence-corrected chi connectivity index (χ0v) is 19.1. The van der Waals surface area contributed by atoms with Crippen LogP contribution in [0.5, 0.6) is 17.2 Å². The van der Waals surface area contributed by atoms with E-state index in [-0.39, 0.29) is 40.4 Å². The topological polar surface area (TPSA) is 106 Å². The number of hydrogen-bond donors (Lipinski definition) is 2. The number of aliphatic hydroxyl groups is 1. The van der Waals surface area contributed by atoms with Gasteiger partial charge in [0.1, 0.15) is 28.6 Å². The van der Waals surface area contributed by atoms with Crippen LogP contribution in [-0.4, -0.2) is 30.2 Å². The number of ketones is 1. The average Bonchev–Trinajstić information content (AvgIpc) is 2.87. The van der Waals surface area contributed by atoms with E-state index in [2.05, 4.69) is 0 Å². The lowest BCUT2D eigenvalue weighted by atomic mass is 9.76. The van der Waals surface area contributed by atoms with Crippen molar-refractivity contribution < 1.29 is 28.9 Å². The van der Waals surface area contributed by atoms with Gasteiger partial charge >= 0.3 is 5.63 Å². The van der Waals surface area contributed by atoms with Gasteiger partial charge in [-0.1, -0.05) is 36.4 Å². The Balaban J connectivity index is 1.90. The second kappa shape index (κ2) is 8.68. The van der Waals surface area contributed by atoms with Crippen molar-refractivity contribution in [2.75, 3.05) is 14.2 Å². The van der Waals surface area contributed by atoms with E-state index in [9.17, 15) is 19.8 Å². The van der Waals surface area contributed by atoms with Crippen LogP contribution >= 0.6 is 0 Å². The fourth-order valence-electron chi connectivity index (χ4n) is 4.67. The lowest BCUT2D eigenvalue weighted by Crippen LogP contribution is -2.25. The zero-order valence-electron chi connectivity index (χ0n) is 19.1. The predicted molar refractivity (Wildman–Crippen MR) is 130 cm³/mol. The minimum Gasteiger partial charge on any atom is -0.507 e. The molecule has 0 aliphatic heterocycles. The summed E-state index contributed by atoms with van der Waals surface area (Å²) in [6.45, 7) is 0. The number of carbonyl (C=O) groups excluding carboxylic acids is 1. The summed E-state index contributed by atoms with van der Waals surface area (Å²) in [6, 6.07) is 18.5. The third kappa shape index (κ3) is 3.61. The summed E-state index contributed by atoms with van der Waals surface area (Å²) in [5, 5.41) is 22.9. The highest BCUT2D eigenvalue weighted by atomic mass is 16.5. The van der Waals surface area contributed by atoms with Crippen molar-refractivity contribution in [2.45, 2.75) is 12.3 Å². The smallest absolute Gasteiger partial charge is 0.344 e. The Morgan fingerprint density at radius 1 is 0.914 bits per heavy atom. The highest BCUT2D eigenvalue weighted by Crippen LogP contribution is 2.46. The van der Waals surface area contributed by atoms with Crippen LogP contribution in [0, 0.1) is 0 Å². The molecule has 1 aliphatic carbocycles. The summed E-state index contributed by atoms with van der Waals surface area (Å²) in [5.74, 6) is -1.39. The molecule has 0 saturated carbocycles. The molecule has 2 N–H and O–H groups in total. The number of methoxy groups -OCH3 is 2. The Kier molecular flexibility index (Phi) is 5.53. The van der Waals surface area contributed by atoms with Gasteiger partial charge in [-0.05, 0) is 35.9 Å². The minimum atomic E-state index is -1.19. The first-order valence-electron chi connectivity index (χ1n) is 11.0. The van der Waals surface area contributed by atoms with Crippen molar-refractivity contribution in [2.24, 2.45) is 0 Å². The Morgan fingerprint density at radius 3 is 2.43 bits per heavy atom. The van der Waals surface area contributed by atoms with Gasteiger partial charge in [0.15, 0.2) is 5.78 Å². The Hall–Kier alpha value is -4.52. The largest absolute Gasteiger partial charge is 0.507 e. The fraction of sp³-hybridized carbons (Fsp3) is 0.143. The normalized spacial score (nSPS) is 14.1. The highest BCUT2D eigenvalue weighted by Gasteiger charge is 2.38. The van der Waals surface area contributed by atoms with Gasteiger partial charge in [0.25, 0.3) is 0 Å². The molecule has 1 atom stereocenters. The second-order valence-corrected chi connectivity index (χ2v) is 8.21. The van der Waals surface area contributed by atoms with Crippen LogP contribution < -0.4 is 15.1 Å². The van der Waals surface area contributed by atoms with Gasteiger partial charge in [0.05, 0.1) is 36.7 Å².